The van der Waals surface area contributed by atoms with E-state index in [2.05, 4.69) is 20.3 Å². The first-order valence-corrected chi connectivity index (χ1v) is 11.0. The van der Waals surface area contributed by atoms with Crippen molar-refractivity contribution in [1.29, 1.82) is 0 Å². The molecule has 0 saturated carbocycles. The number of nitrogens with one attached hydrogen (secondary N) is 1. The maximum atomic E-state index is 12.3. The second kappa shape index (κ2) is 7.34. The molecule has 0 fully saturated rings. The molecule has 1 N–H and O–H groups in total. The highest BCUT2D eigenvalue weighted by Crippen LogP contribution is 2.33. The Balaban J connectivity index is 1.97. The molecule has 0 aliphatic heterocycles. The predicted molar refractivity (Wildman–Crippen MR) is 115 cm³/mol. The van der Waals surface area contributed by atoms with Crippen LogP contribution in [0.2, 0.25) is 0 Å². The van der Waals surface area contributed by atoms with E-state index in [1.165, 1.54) is 13.0 Å². The molecular formula is C21H19N5O3S. The Labute approximate surface area is 173 Å². The molecule has 30 heavy (non-hydrogen) atoms. The zero-order valence-electron chi connectivity index (χ0n) is 16.6. The molecule has 9 heteroatoms. The highest BCUT2D eigenvalue weighted by molar-refractivity contribution is 7.90. The Bertz CT molecular complexity index is 1380. The average molecular weight is 421 g/mol. The van der Waals surface area contributed by atoms with Crippen molar-refractivity contribution in [1.82, 2.24) is 19.5 Å². The fraction of sp³-hybridized carbons (Fsp3) is 0.143. The molecule has 4 aromatic heterocycles. The third kappa shape index (κ3) is 3.79. The summed E-state index contributed by atoms with van der Waals surface area (Å²) in [5.74, 6) is 0.181. The summed E-state index contributed by atoms with van der Waals surface area (Å²) in [7, 11) is -1.68. The molecule has 152 valence electrons. The van der Waals surface area contributed by atoms with E-state index in [4.69, 9.17) is 0 Å². The minimum Gasteiger partial charge on any atom is -0.349 e. The average Bonchev–Trinajstić information content (AvgIpc) is 3.03. The number of pyridine rings is 3. The highest BCUT2D eigenvalue weighted by Gasteiger charge is 2.18. The van der Waals surface area contributed by atoms with E-state index in [-0.39, 0.29) is 10.9 Å². The summed E-state index contributed by atoms with van der Waals surface area (Å²) in [6.45, 7) is 1.41. The smallest absolute Gasteiger partial charge is 0.222 e. The van der Waals surface area contributed by atoms with Gasteiger partial charge in [0.1, 0.15) is 5.82 Å². The molecule has 4 aromatic rings. The molecular weight excluding hydrogens is 402 g/mol. The van der Waals surface area contributed by atoms with E-state index < -0.39 is 9.84 Å². The van der Waals surface area contributed by atoms with Crippen molar-refractivity contribution in [3.63, 3.8) is 0 Å². The van der Waals surface area contributed by atoms with Gasteiger partial charge in [0.15, 0.2) is 14.9 Å². The summed E-state index contributed by atoms with van der Waals surface area (Å²) in [6, 6.07) is 10.5. The van der Waals surface area contributed by atoms with Gasteiger partial charge in [-0.3, -0.25) is 9.78 Å². The Morgan fingerprint density at radius 2 is 1.90 bits per heavy atom. The first-order valence-electron chi connectivity index (χ1n) is 9.09. The van der Waals surface area contributed by atoms with E-state index in [0.29, 0.717) is 22.8 Å². The molecule has 0 atom stereocenters. The molecule has 0 spiro atoms. The summed E-state index contributed by atoms with van der Waals surface area (Å²) in [4.78, 5) is 24.4. The maximum absolute atomic E-state index is 12.3. The molecule has 1 amide bonds. The number of hydrogen-bond donors (Lipinski definition) is 1. The van der Waals surface area contributed by atoms with Gasteiger partial charge in [0, 0.05) is 49.1 Å². The normalized spacial score (nSPS) is 11.6. The van der Waals surface area contributed by atoms with Gasteiger partial charge in [-0.15, -0.1) is 0 Å². The van der Waals surface area contributed by atoms with Crippen LogP contribution in [0.4, 0.5) is 5.82 Å². The topological polar surface area (TPSA) is 107 Å². The van der Waals surface area contributed by atoms with Crippen molar-refractivity contribution < 1.29 is 13.2 Å². The van der Waals surface area contributed by atoms with Crippen LogP contribution in [-0.2, 0) is 21.7 Å². The first-order chi connectivity index (χ1) is 14.2. The number of carbonyl (C=O) groups is 1. The number of anilines is 1. The van der Waals surface area contributed by atoms with Crippen molar-refractivity contribution in [2.75, 3.05) is 11.6 Å². The Morgan fingerprint density at radius 1 is 1.10 bits per heavy atom. The third-order valence-electron chi connectivity index (χ3n) is 4.60. The van der Waals surface area contributed by atoms with Crippen molar-refractivity contribution in [3.8, 4) is 22.5 Å². The second-order valence-corrected chi connectivity index (χ2v) is 8.95. The number of amides is 1. The van der Waals surface area contributed by atoms with Crippen LogP contribution in [0, 0.1) is 0 Å². The van der Waals surface area contributed by atoms with Gasteiger partial charge in [-0.25, -0.2) is 18.4 Å². The number of sulfone groups is 1. The van der Waals surface area contributed by atoms with Gasteiger partial charge in [-0.1, -0.05) is 6.07 Å². The predicted octanol–water partition coefficient (Wildman–Crippen LogP) is 3.06. The highest BCUT2D eigenvalue weighted by atomic mass is 32.2. The standard InChI is InChI=1S/C21H19N5O3S/c1-13(27)24-20-10-15-16(12-26(2)19(15)11-23-20)18-8-14(17-6-4-5-7-22-17)9-21(25-18)30(3,28)29/h4-12H,1-3H3,(H,23,24,27). The number of fused-ring (bicyclic) bond motifs is 1. The molecule has 0 radical (unpaired) electrons. The molecule has 8 nitrogen and oxygen atoms in total. The van der Waals surface area contributed by atoms with E-state index >= 15 is 0 Å². The van der Waals surface area contributed by atoms with Gasteiger partial charge in [0.05, 0.1) is 23.1 Å². The molecule has 0 bridgehead atoms. The van der Waals surface area contributed by atoms with Crippen LogP contribution < -0.4 is 5.32 Å². The van der Waals surface area contributed by atoms with Gasteiger partial charge in [0.2, 0.25) is 5.91 Å². The van der Waals surface area contributed by atoms with Crippen LogP contribution >= 0.6 is 0 Å². The first kappa shape index (κ1) is 19.7. The maximum Gasteiger partial charge on any atom is 0.222 e. The molecule has 0 unspecified atom stereocenters. The fourth-order valence-electron chi connectivity index (χ4n) is 3.25. The summed E-state index contributed by atoms with van der Waals surface area (Å²) in [6.07, 6.45) is 6.30. The molecule has 0 aliphatic rings. The summed E-state index contributed by atoms with van der Waals surface area (Å²) < 4.78 is 26.5. The molecule has 4 rings (SSSR count). The zero-order valence-corrected chi connectivity index (χ0v) is 17.4. The number of aryl methyl sites for hydroxylation is 1. The van der Waals surface area contributed by atoms with Crippen molar-refractivity contribution in [3.05, 3.63) is 55.0 Å². The van der Waals surface area contributed by atoms with E-state index in [9.17, 15) is 13.2 Å². The Hall–Kier alpha value is -3.59. The van der Waals surface area contributed by atoms with Crippen LogP contribution in [0.1, 0.15) is 6.92 Å². The molecule has 0 aromatic carbocycles. The largest absolute Gasteiger partial charge is 0.349 e. The van der Waals surface area contributed by atoms with Gasteiger partial charge >= 0.3 is 0 Å². The van der Waals surface area contributed by atoms with E-state index in [0.717, 1.165) is 22.7 Å². The summed E-state index contributed by atoms with van der Waals surface area (Å²) in [5.41, 5.74) is 3.33. The van der Waals surface area contributed by atoms with Gasteiger partial charge in [0.25, 0.3) is 0 Å². The number of carbonyl (C=O) groups excluding carboxylic acids is 1. The van der Waals surface area contributed by atoms with Crippen molar-refractivity contribution in [2.24, 2.45) is 7.05 Å². The Morgan fingerprint density at radius 3 is 2.57 bits per heavy atom. The minimum atomic E-state index is -3.55. The number of nitrogens with zero attached hydrogens (tertiary/aromatic N) is 4. The minimum absolute atomic E-state index is 0.0335. The second-order valence-electron chi connectivity index (χ2n) is 6.99. The third-order valence-corrected chi connectivity index (χ3v) is 5.57. The molecule has 0 saturated heterocycles. The lowest BCUT2D eigenvalue weighted by Gasteiger charge is -2.08. The monoisotopic (exact) mass is 421 g/mol. The van der Waals surface area contributed by atoms with Crippen LogP contribution in [0.25, 0.3) is 33.4 Å². The van der Waals surface area contributed by atoms with Gasteiger partial charge in [-0.2, -0.15) is 0 Å². The van der Waals surface area contributed by atoms with Crippen molar-refractivity contribution in [2.45, 2.75) is 11.9 Å². The SMILES string of the molecule is CC(=O)Nc1cc2c(-c3cc(-c4ccccn4)cc(S(C)(=O)=O)n3)cn(C)c2cn1. The van der Waals surface area contributed by atoms with Crippen LogP contribution in [0.3, 0.4) is 0 Å². The van der Waals surface area contributed by atoms with Gasteiger partial charge in [-0.05, 0) is 30.3 Å². The number of rotatable bonds is 4. The van der Waals surface area contributed by atoms with Crippen molar-refractivity contribution >= 4 is 32.5 Å². The van der Waals surface area contributed by atoms with E-state index in [1.54, 1.807) is 24.5 Å². The van der Waals surface area contributed by atoms with Gasteiger partial charge < -0.3 is 9.88 Å². The van der Waals surface area contributed by atoms with Crippen LogP contribution in [0.5, 0.6) is 0 Å². The fourth-order valence-corrected chi connectivity index (χ4v) is 3.85. The van der Waals surface area contributed by atoms with Crippen LogP contribution in [0.15, 0.2) is 60.0 Å². The lowest BCUT2D eigenvalue weighted by molar-refractivity contribution is -0.114. The zero-order chi connectivity index (χ0) is 21.5. The summed E-state index contributed by atoms with van der Waals surface area (Å²) >= 11 is 0. The Kier molecular flexibility index (Phi) is 4.83. The van der Waals surface area contributed by atoms with Crippen LogP contribution in [-0.4, -0.2) is 40.1 Å². The molecule has 0 aliphatic carbocycles. The van der Waals surface area contributed by atoms with E-state index in [1.807, 2.05) is 36.0 Å². The lowest BCUT2D eigenvalue weighted by atomic mass is 10.1. The number of hydrogen-bond acceptors (Lipinski definition) is 6. The number of aromatic nitrogens is 4. The summed E-state index contributed by atoms with van der Waals surface area (Å²) in [5, 5.41) is 3.43. The quantitative estimate of drug-likeness (QED) is 0.543. The molecule has 4 heterocycles. The lowest BCUT2D eigenvalue weighted by Crippen LogP contribution is -2.07.